The van der Waals surface area contributed by atoms with E-state index in [0.717, 1.165) is 0 Å². The van der Waals surface area contributed by atoms with Crippen LogP contribution in [0.5, 0.6) is 5.75 Å². The highest BCUT2D eigenvalue weighted by molar-refractivity contribution is 7.80. The summed E-state index contributed by atoms with van der Waals surface area (Å²) in [6.45, 7) is 3.27. The molecule has 1 amide bonds. The number of benzene rings is 2. The van der Waals surface area contributed by atoms with Crippen LogP contribution < -0.4 is 15.4 Å². The fourth-order valence-corrected chi connectivity index (χ4v) is 2.24. The van der Waals surface area contributed by atoms with Crippen LogP contribution in [0.4, 0.5) is 10.1 Å². The maximum absolute atomic E-state index is 13.2. The molecule has 0 aliphatic heterocycles. The number of carbonyl (C=O) groups is 1. The van der Waals surface area contributed by atoms with Crippen molar-refractivity contribution in [3.63, 3.8) is 0 Å². The lowest BCUT2D eigenvalue weighted by Gasteiger charge is -2.13. The molecule has 0 radical (unpaired) electrons. The van der Waals surface area contributed by atoms with E-state index >= 15 is 0 Å². The number of para-hydroxylation sites is 1. The first-order valence-electron chi connectivity index (χ1n) is 7.77. The molecule has 0 fully saturated rings. The Kier molecular flexibility index (Phi) is 7.31. The van der Waals surface area contributed by atoms with Crippen LogP contribution in [0.2, 0.25) is 0 Å². The summed E-state index contributed by atoms with van der Waals surface area (Å²) in [5, 5.41) is 5.38. The molecule has 5 nitrogen and oxygen atoms in total. The summed E-state index contributed by atoms with van der Waals surface area (Å²) < 4.78 is 24.0. The van der Waals surface area contributed by atoms with Gasteiger partial charge in [-0.1, -0.05) is 18.2 Å². The van der Waals surface area contributed by atoms with Gasteiger partial charge >= 0.3 is 0 Å². The molecule has 0 bridgehead atoms. The molecule has 0 saturated heterocycles. The van der Waals surface area contributed by atoms with Gasteiger partial charge in [0, 0.05) is 12.3 Å². The monoisotopic (exact) mass is 362 g/mol. The third kappa shape index (κ3) is 6.13. The number of nitrogens with one attached hydrogen (secondary N) is 2. The first-order chi connectivity index (χ1) is 12.1. The lowest BCUT2D eigenvalue weighted by atomic mass is 10.2. The number of hydrogen-bond donors (Lipinski definition) is 2. The van der Waals surface area contributed by atoms with Gasteiger partial charge in [-0.25, -0.2) is 4.39 Å². The Morgan fingerprint density at radius 1 is 1.16 bits per heavy atom. The van der Waals surface area contributed by atoms with Gasteiger partial charge in [0.05, 0.1) is 12.2 Å². The predicted molar refractivity (Wildman–Crippen MR) is 98.5 cm³/mol. The number of anilines is 1. The molecule has 2 aromatic carbocycles. The summed E-state index contributed by atoms with van der Waals surface area (Å²) in [6.07, 6.45) is 0. The zero-order valence-corrected chi connectivity index (χ0v) is 14.6. The van der Waals surface area contributed by atoms with Gasteiger partial charge < -0.3 is 14.8 Å². The smallest absolute Gasteiger partial charge is 0.261 e. The van der Waals surface area contributed by atoms with Crippen molar-refractivity contribution < 1.29 is 18.7 Å². The third-order valence-electron chi connectivity index (χ3n) is 3.13. The van der Waals surface area contributed by atoms with Crippen LogP contribution in [0.3, 0.4) is 0 Å². The zero-order valence-electron chi connectivity index (χ0n) is 13.8. The molecule has 0 aliphatic rings. The van der Waals surface area contributed by atoms with Crippen molar-refractivity contribution in [3.05, 3.63) is 59.9 Å². The maximum atomic E-state index is 13.2. The van der Waals surface area contributed by atoms with E-state index in [4.69, 9.17) is 21.7 Å². The van der Waals surface area contributed by atoms with Crippen molar-refractivity contribution in [2.24, 2.45) is 0 Å². The average Bonchev–Trinajstić information content (AvgIpc) is 2.59. The molecule has 0 aromatic heterocycles. The molecule has 0 unspecified atom stereocenters. The highest BCUT2D eigenvalue weighted by Gasteiger charge is 2.13. The highest BCUT2D eigenvalue weighted by atomic mass is 32.1. The van der Waals surface area contributed by atoms with Crippen LogP contribution in [-0.4, -0.2) is 30.8 Å². The van der Waals surface area contributed by atoms with Crippen LogP contribution in [-0.2, 0) is 4.74 Å². The quantitative estimate of drug-likeness (QED) is 0.584. The van der Waals surface area contributed by atoms with Crippen molar-refractivity contribution >= 4 is 28.9 Å². The maximum Gasteiger partial charge on any atom is 0.261 e. The second kappa shape index (κ2) is 9.71. The summed E-state index contributed by atoms with van der Waals surface area (Å²) in [5.74, 6) is -0.374. The minimum Gasteiger partial charge on any atom is -0.490 e. The predicted octanol–water partition coefficient (Wildman–Crippen LogP) is 3.37. The topological polar surface area (TPSA) is 59.6 Å². The van der Waals surface area contributed by atoms with Gasteiger partial charge in [-0.3, -0.25) is 10.1 Å². The largest absolute Gasteiger partial charge is 0.490 e. The van der Waals surface area contributed by atoms with E-state index in [9.17, 15) is 9.18 Å². The van der Waals surface area contributed by atoms with Crippen molar-refractivity contribution in [3.8, 4) is 5.75 Å². The van der Waals surface area contributed by atoms with Crippen LogP contribution in [0, 0.1) is 5.82 Å². The number of thiocarbonyl (C=S) groups is 1. The Bertz CT molecular complexity index is 740. The van der Waals surface area contributed by atoms with E-state index in [1.54, 1.807) is 36.4 Å². The molecular formula is C18H19FN2O3S. The first kappa shape index (κ1) is 18.8. The minimum absolute atomic E-state index is 0.0692. The van der Waals surface area contributed by atoms with Gasteiger partial charge in [-0.15, -0.1) is 0 Å². The molecular weight excluding hydrogens is 343 g/mol. The van der Waals surface area contributed by atoms with E-state index < -0.39 is 11.7 Å². The number of carbonyl (C=O) groups excluding carboxylic acids is 1. The molecule has 2 aromatic rings. The molecule has 132 valence electrons. The normalized spacial score (nSPS) is 10.2. The fraction of sp³-hybridized carbons (Fsp3) is 0.222. The molecule has 0 aliphatic carbocycles. The van der Waals surface area contributed by atoms with Crippen molar-refractivity contribution in [2.75, 3.05) is 25.1 Å². The molecule has 2 N–H and O–H groups in total. The number of hydrogen-bond acceptors (Lipinski definition) is 4. The SMILES string of the molecule is CCOCCOc1ccccc1C(=O)NC(=S)Nc1cccc(F)c1. The number of halogens is 1. The summed E-state index contributed by atoms with van der Waals surface area (Å²) in [4.78, 5) is 12.4. The van der Waals surface area contributed by atoms with Crippen LogP contribution in [0.15, 0.2) is 48.5 Å². The second-order valence-corrected chi connectivity index (χ2v) is 5.37. The molecule has 0 spiro atoms. The van der Waals surface area contributed by atoms with Crippen molar-refractivity contribution in [1.29, 1.82) is 0 Å². The average molecular weight is 362 g/mol. The third-order valence-corrected chi connectivity index (χ3v) is 3.33. The summed E-state index contributed by atoms with van der Waals surface area (Å²) in [6, 6.07) is 12.6. The second-order valence-electron chi connectivity index (χ2n) is 4.96. The Hall–Kier alpha value is -2.51. The van der Waals surface area contributed by atoms with E-state index in [1.807, 2.05) is 6.92 Å². The van der Waals surface area contributed by atoms with E-state index in [0.29, 0.717) is 36.8 Å². The Balaban J connectivity index is 1.96. The lowest BCUT2D eigenvalue weighted by molar-refractivity contribution is 0.0958. The van der Waals surface area contributed by atoms with Gasteiger partial charge in [0.25, 0.3) is 5.91 Å². The minimum atomic E-state index is -0.416. The highest BCUT2D eigenvalue weighted by Crippen LogP contribution is 2.18. The van der Waals surface area contributed by atoms with Gasteiger partial charge in [-0.05, 0) is 49.5 Å². The summed E-state index contributed by atoms with van der Waals surface area (Å²) in [7, 11) is 0. The van der Waals surface area contributed by atoms with Crippen LogP contribution in [0.1, 0.15) is 17.3 Å². The molecule has 7 heteroatoms. The van der Waals surface area contributed by atoms with Crippen molar-refractivity contribution in [1.82, 2.24) is 5.32 Å². The first-order valence-corrected chi connectivity index (χ1v) is 8.18. The van der Waals surface area contributed by atoms with Gasteiger partial charge in [0.2, 0.25) is 0 Å². The van der Waals surface area contributed by atoms with E-state index in [-0.39, 0.29) is 5.11 Å². The fourth-order valence-electron chi connectivity index (χ4n) is 2.03. The molecule has 0 saturated carbocycles. The lowest BCUT2D eigenvalue weighted by Crippen LogP contribution is -2.34. The number of rotatable bonds is 7. The molecule has 0 atom stereocenters. The van der Waals surface area contributed by atoms with Crippen LogP contribution >= 0.6 is 12.2 Å². The Morgan fingerprint density at radius 3 is 2.72 bits per heavy atom. The molecule has 2 rings (SSSR count). The number of amides is 1. The Labute approximate surface area is 151 Å². The van der Waals surface area contributed by atoms with Gasteiger partial charge in [-0.2, -0.15) is 0 Å². The van der Waals surface area contributed by atoms with E-state index in [2.05, 4.69) is 10.6 Å². The van der Waals surface area contributed by atoms with Crippen LogP contribution in [0.25, 0.3) is 0 Å². The van der Waals surface area contributed by atoms with Gasteiger partial charge in [0.1, 0.15) is 18.2 Å². The van der Waals surface area contributed by atoms with E-state index in [1.165, 1.54) is 12.1 Å². The van der Waals surface area contributed by atoms with Gasteiger partial charge in [0.15, 0.2) is 5.11 Å². The molecule has 25 heavy (non-hydrogen) atoms. The van der Waals surface area contributed by atoms with Crippen molar-refractivity contribution in [2.45, 2.75) is 6.92 Å². The standard InChI is InChI=1S/C18H19FN2O3S/c1-2-23-10-11-24-16-9-4-3-8-15(16)17(22)21-18(25)20-14-7-5-6-13(19)12-14/h3-9,12H,2,10-11H2,1H3,(H2,20,21,22,25). The summed E-state index contributed by atoms with van der Waals surface area (Å²) in [5.41, 5.74) is 0.800. The zero-order chi connectivity index (χ0) is 18.1. The number of ether oxygens (including phenoxy) is 2. The summed E-state index contributed by atoms with van der Waals surface area (Å²) >= 11 is 5.09. The Morgan fingerprint density at radius 2 is 1.96 bits per heavy atom. The molecule has 0 heterocycles.